The molecule has 0 bridgehead atoms. The number of aryl methyl sites for hydroxylation is 2. The minimum atomic E-state index is 0.397. The Hall–Kier alpha value is -2.23. The average Bonchev–Trinajstić information content (AvgIpc) is 2.35. The van der Waals surface area contributed by atoms with Crippen LogP contribution < -0.4 is 15.2 Å². The zero-order valence-corrected chi connectivity index (χ0v) is 11.2. The van der Waals surface area contributed by atoms with Gasteiger partial charge in [-0.2, -0.15) is 0 Å². The number of benzene rings is 1. The highest BCUT2D eigenvalue weighted by atomic mass is 16.5. The second kappa shape index (κ2) is 6.09. The lowest BCUT2D eigenvalue weighted by molar-refractivity contribution is 0.217. The molecule has 2 N–H and O–H groups in total. The van der Waals surface area contributed by atoms with Gasteiger partial charge in [0.1, 0.15) is 19.0 Å². The normalized spacial score (nSPS) is 10.2. The fraction of sp³-hybridized carbons (Fsp3) is 0.267. The molecule has 1 aromatic carbocycles. The highest BCUT2D eigenvalue weighted by molar-refractivity contribution is 5.44. The van der Waals surface area contributed by atoms with Crippen molar-refractivity contribution in [1.82, 2.24) is 4.98 Å². The molecule has 0 aliphatic carbocycles. The lowest BCUT2D eigenvalue weighted by Crippen LogP contribution is -2.10. The van der Waals surface area contributed by atoms with Crippen molar-refractivity contribution in [1.29, 1.82) is 0 Å². The molecule has 2 rings (SSSR count). The summed E-state index contributed by atoms with van der Waals surface area (Å²) in [5, 5.41) is 0. The molecule has 0 spiro atoms. The molecular weight excluding hydrogens is 240 g/mol. The highest BCUT2D eigenvalue weighted by Crippen LogP contribution is 2.18. The van der Waals surface area contributed by atoms with Crippen LogP contribution in [-0.2, 0) is 0 Å². The Morgan fingerprint density at radius 1 is 1.05 bits per heavy atom. The summed E-state index contributed by atoms with van der Waals surface area (Å²) in [6, 6.07) is 9.70. The van der Waals surface area contributed by atoms with Gasteiger partial charge in [0.2, 0.25) is 0 Å². The van der Waals surface area contributed by atoms with E-state index in [1.165, 1.54) is 11.1 Å². The molecule has 0 radical (unpaired) electrons. The number of nitrogens with zero attached hydrogens (tertiary/aromatic N) is 1. The van der Waals surface area contributed by atoms with Crippen LogP contribution in [0.25, 0.3) is 0 Å². The SMILES string of the molecule is Cc1cc(C)cc(OCCOc2cccnc2N)c1. The highest BCUT2D eigenvalue weighted by Gasteiger charge is 2.00. The van der Waals surface area contributed by atoms with Crippen LogP contribution in [0.15, 0.2) is 36.5 Å². The second-order valence-corrected chi connectivity index (χ2v) is 4.41. The third-order valence-electron chi connectivity index (χ3n) is 2.60. The van der Waals surface area contributed by atoms with Gasteiger partial charge in [-0.05, 0) is 49.2 Å². The second-order valence-electron chi connectivity index (χ2n) is 4.41. The van der Waals surface area contributed by atoms with E-state index in [4.69, 9.17) is 15.2 Å². The van der Waals surface area contributed by atoms with Gasteiger partial charge in [0.25, 0.3) is 0 Å². The van der Waals surface area contributed by atoms with E-state index in [-0.39, 0.29) is 0 Å². The van der Waals surface area contributed by atoms with Crippen LogP contribution >= 0.6 is 0 Å². The van der Waals surface area contributed by atoms with Gasteiger partial charge in [0.15, 0.2) is 11.6 Å². The first kappa shape index (κ1) is 13.2. The Morgan fingerprint density at radius 3 is 2.42 bits per heavy atom. The number of nitrogens with two attached hydrogens (primary N) is 1. The summed E-state index contributed by atoms with van der Waals surface area (Å²) >= 11 is 0. The van der Waals surface area contributed by atoms with Gasteiger partial charge in [-0.25, -0.2) is 4.98 Å². The summed E-state index contributed by atoms with van der Waals surface area (Å²) in [5.74, 6) is 1.85. The number of ether oxygens (including phenoxy) is 2. The maximum absolute atomic E-state index is 5.68. The summed E-state index contributed by atoms with van der Waals surface area (Å²) in [4.78, 5) is 3.95. The summed E-state index contributed by atoms with van der Waals surface area (Å²) in [5.41, 5.74) is 8.05. The van der Waals surface area contributed by atoms with Crippen LogP contribution in [0.3, 0.4) is 0 Å². The van der Waals surface area contributed by atoms with Crippen molar-refractivity contribution in [2.24, 2.45) is 0 Å². The van der Waals surface area contributed by atoms with Gasteiger partial charge in [-0.3, -0.25) is 0 Å². The van der Waals surface area contributed by atoms with Crippen molar-refractivity contribution >= 4 is 5.82 Å². The van der Waals surface area contributed by atoms with Gasteiger partial charge in [-0.1, -0.05) is 6.07 Å². The lowest BCUT2D eigenvalue weighted by atomic mass is 10.1. The van der Waals surface area contributed by atoms with Crippen molar-refractivity contribution in [3.05, 3.63) is 47.7 Å². The molecule has 1 aromatic heterocycles. The van der Waals surface area contributed by atoms with E-state index in [0.29, 0.717) is 24.8 Å². The van der Waals surface area contributed by atoms with Crippen molar-refractivity contribution in [2.75, 3.05) is 18.9 Å². The molecule has 100 valence electrons. The maximum Gasteiger partial charge on any atom is 0.166 e. The van der Waals surface area contributed by atoms with Crippen LogP contribution in [0.4, 0.5) is 5.82 Å². The van der Waals surface area contributed by atoms with Crippen LogP contribution in [0.1, 0.15) is 11.1 Å². The number of rotatable bonds is 5. The van der Waals surface area contributed by atoms with Crippen LogP contribution in [0.5, 0.6) is 11.5 Å². The third kappa shape index (κ3) is 3.88. The van der Waals surface area contributed by atoms with E-state index in [2.05, 4.69) is 11.1 Å². The number of hydrogen-bond donors (Lipinski definition) is 1. The number of nitrogen functional groups attached to an aromatic ring is 1. The average molecular weight is 258 g/mol. The molecule has 4 heteroatoms. The molecular formula is C15H18N2O2. The van der Waals surface area contributed by atoms with Crippen molar-refractivity contribution < 1.29 is 9.47 Å². The standard InChI is InChI=1S/C15H18N2O2/c1-11-8-12(2)10-13(9-11)18-6-7-19-14-4-3-5-17-15(14)16/h3-5,8-10H,6-7H2,1-2H3,(H2,16,17). The zero-order chi connectivity index (χ0) is 13.7. The molecule has 0 aliphatic rings. The Kier molecular flexibility index (Phi) is 4.23. The molecule has 0 atom stereocenters. The minimum Gasteiger partial charge on any atom is -0.490 e. The molecule has 0 unspecified atom stereocenters. The molecule has 0 saturated carbocycles. The monoisotopic (exact) mass is 258 g/mol. The summed E-state index contributed by atoms with van der Waals surface area (Å²) in [7, 11) is 0. The van der Waals surface area contributed by atoms with E-state index in [9.17, 15) is 0 Å². The molecule has 1 heterocycles. The molecule has 2 aromatic rings. The molecule has 0 aliphatic heterocycles. The lowest BCUT2D eigenvalue weighted by Gasteiger charge is -2.10. The maximum atomic E-state index is 5.68. The van der Waals surface area contributed by atoms with Crippen molar-refractivity contribution in [3.8, 4) is 11.5 Å². The molecule has 19 heavy (non-hydrogen) atoms. The number of hydrogen-bond acceptors (Lipinski definition) is 4. The van der Waals surface area contributed by atoms with E-state index in [1.807, 2.05) is 26.0 Å². The first-order valence-electron chi connectivity index (χ1n) is 6.19. The van der Waals surface area contributed by atoms with Crippen LogP contribution in [0, 0.1) is 13.8 Å². The first-order chi connectivity index (χ1) is 9.15. The smallest absolute Gasteiger partial charge is 0.166 e. The number of pyridine rings is 1. The van der Waals surface area contributed by atoms with Gasteiger partial charge in [-0.15, -0.1) is 0 Å². The van der Waals surface area contributed by atoms with Gasteiger partial charge in [0.05, 0.1) is 0 Å². The molecule has 0 amide bonds. The quantitative estimate of drug-likeness (QED) is 0.838. The Balaban J connectivity index is 1.82. The van der Waals surface area contributed by atoms with E-state index < -0.39 is 0 Å². The predicted molar refractivity (Wildman–Crippen MR) is 75.6 cm³/mol. The number of aromatic nitrogens is 1. The van der Waals surface area contributed by atoms with Crippen LogP contribution in [0.2, 0.25) is 0 Å². The molecule has 0 saturated heterocycles. The largest absolute Gasteiger partial charge is 0.490 e. The molecule has 0 fully saturated rings. The summed E-state index contributed by atoms with van der Waals surface area (Å²) in [6.07, 6.45) is 1.63. The third-order valence-corrected chi connectivity index (χ3v) is 2.60. The van der Waals surface area contributed by atoms with E-state index in [0.717, 1.165) is 5.75 Å². The Bertz CT molecular complexity index is 535. The Labute approximate surface area is 113 Å². The summed E-state index contributed by atoms with van der Waals surface area (Å²) in [6.45, 7) is 5.00. The fourth-order valence-corrected chi connectivity index (χ4v) is 1.85. The molecule has 4 nitrogen and oxygen atoms in total. The fourth-order valence-electron chi connectivity index (χ4n) is 1.85. The topological polar surface area (TPSA) is 57.4 Å². The predicted octanol–water partition coefficient (Wildman–Crippen LogP) is 2.74. The van der Waals surface area contributed by atoms with Gasteiger partial charge < -0.3 is 15.2 Å². The summed E-state index contributed by atoms with van der Waals surface area (Å²) < 4.78 is 11.1. The van der Waals surface area contributed by atoms with Gasteiger partial charge in [0, 0.05) is 6.20 Å². The van der Waals surface area contributed by atoms with E-state index >= 15 is 0 Å². The zero-order valence-electron chi connectivity index (χ0n) is 11.2. The van der Waals surface area contributed by atoms with Gasteiger partial charge >= 0.3 is 0 Å². The first-order valence-corrected chi connectivity index (χ1v) is 6.19. The van der Waals surface area contributed by atoms with Crippen molar-refractivity contribution in [3.63, 3.8) is 0 Å². The van der Waals surface area contributed by atoms with Crippen LogP contribution in [-0.4, -0.2) is 18.2 Å². The van der Waals surface area contributed by atoms with Crippen molar-refractivity contribution in [2.45, 2.75) is 13.8 Å². The number of anilines is 1. The van der Waals surface area contributed by atoms with E-state index in [1.54, 1.807) is 18.3 Å². The Morgan fingerprint density at radius 2 is 1.74 bits per heavy atom. The minimum absolute atomic E-state index is 0.397.